The summed E-state index contributed by atoms with van der Waals surface area (Å²) in [6.07, 6.45) is 7.94. The second-order valence-electron chi connectivity index (χ2n) is 15.3. The van der Waals surface area contributed by atoms with E-state index >= 15 is 0 Å². The maximum atomic E-state index is 13.1. The van der Waals surface area contributed by atoms with Crippen LogP contribution in [-0.4, -0.2) is 80.9 Å². The molecule has 0 radical (unpaired) electrons. The smallest absolute Gasteiger partial charge is 0.255 e. The van der Waals surface area contributed by atoms with Gasteiger partial charge in [-0.1, -0.05) is 38.1 Å². The average molecular weight is 664 g/mol. The standard InChI is InChI=1S/C38H45N7O4/c1-24(2)27-18-39-36(40-19-27)41-29-16-37(17-29)22-44(23-37)30-6-3-25(4-7-30)20-43-13-11-38(49,12-14-43)28-5-8-31-26(15-28)21-45(35(31)48)32-9-10-33(46)42-34(32)47/h3-8,15,18-19,24,29,32,49H,9-14,16-17,20-23H2,1-2H3,(H,39,40,41)(H,42,46,47). The lowest BCUT2D eigenvalue weighted by Gasteiger charge is -2.60. The van der Waals surface area contributed by atoms with E-state index in [1.807, 2.05) is 24.5 Å². The van der Waals surface area contributed by atoms with E-state index in [2.05, 4.69) is 68.5 Å². The highest BCUT2D eigenvalue weighted by molar-refractivity contribution is 6.05. The van der Waals surface area contributed by atoms with E-state index in [9.17, 15) is 19.5 Å². The number of anilines is 2. The van der Waals surface area contributed by atoms with Crippen LogP contribution in [0.2, 0.25) is 0 Å². The molecule has 4 aliphatic heterocycles. The molecular weight excluding hydrogens is 618 g/mol. The lowest BCUT2D eigenvalue weighted by molar-refractivity contribution is -0.136. The molecule has 1 spiro atoms. The van der Waals surface area contributed by atoms with Gasteiger partial charge < -0.3 is 20.2 Å². The molecule has 1 aromatic heterocycles. The molecule has 1 unspecified atom stereocenters. The summed E-state index contributed by atoms with van der Waals surface area (Å²) < 4.78 is 0. The maximum Gasteiger partial charge on any atom is 0.255 e. The zero-order chi connectivity index (χ0) is 33.9. The van der Waals surface area contributed by atoms with E-state index in [4.69, 9.17) is 0 Å². The number of rotatable bonds is 8. The first kappa shape index (κ1) is 31.9. The largest absolute Gasteiger partial charge is 0.385 e. The quantitative estimate of drug-likeness (QED) is 0.307. The summed E-state index contributed by atoms with van der Waals surface area (Å²) in [6.45, 7) is 9.18. The van der Waals surface area contributed by atoms with Crippen molar-refractivity contribution in [2.75, 3.05) is 36.4 Å². The Labute approximate surface area is 287 Å². The minimum atomic E-state index is -0.963. The van der Waals surface area contributed by atoms with Gasteiger partial charge >= 0.3 is 0 Å². The zero-order valence-corrected chi connectivity index (χ0v) is 28.3. The molecule has 5 aliphatic rings. The molecule has 3 aromatic rings. The Morgan fingerprint density at radius 3 is 2.39 bits per heavy atom. The molecule has 1 aliphatic carbocycles. The number of aliphatic hydroxyl groups is 1. The van der Waals surface area contributed by atoms with Gasteiger partial charge in [0.25, 0.3) is 5.91 Å². The van der Waals surface area contributed by atoms with Gasteiger partial charge in [-0.25, -0.2) is 9.97 Å². The van der Waals surface area contributed by atoms with Crippen LogP contribution in [0.3, 0.4) is 0 Å². The van der Waals surface area contributed by atoms with Crippen molar-refractivity contribution in [3.63, 3.8) is 0 Å². The van der Waals surface area contributed by atoms with Crippen molar-refractivity contribution in [3.8, 4) is 0 Å². The molecule has 8 rings (SSSR count). The first-order valence-corrected chi connectivity index (χ1v) is 17.7. The molecular formula is C38H45N7O4. The summed E-state index contributed by atoms with van der Waals surface area (Å²) in [4.78, 5) is 52.5. The summed E-state index contributed by atoms with van der Waals surface area (Å²) >= 11 is 0. The Hall–Kier alpha value is -4.35. The number of hydrogen-bond donors (Lipinski definition) is 3. The number of likely N-dealkylation sites (tertiary alicyclic amines) is 1. The Morgan fingerprint density at radius 1 is 1.00 bits per heavy atom. The molecule has 1 saturated carbocycles. The topological polar surface area (TPSA) is 131 Å². The number of nitrogens with one attached hydrogen (secondary N) is 2. The fourth-order valence-electron chi connectivity index (χ4n) is 8.49. The van der Waals surface area contributed by atoms with E-state index in [-0.39, 0.29) is 18.2 Å². The van der Waals surface area contributed by atoms with Gasteiger partial charge in [-0.05, 0) is 78.5 Å². The third-order valence-corrected chi connectivity index (χ3v) is 11.5. The van der Waals surface area contributed by atoms with Crippen LogP contribution >= 0.6 is 0 Å². The van der Waals surface area contributed by atoms with Crippen molar-refractivity contribution in [1.82, 2.24) is 25.1 Å². The van der Waals surface area contributed by atoms with Crippen LogP contribution in [0.15, 0.2) is 54.9 Å². The second-order valence-corrected chi connectivity index (χ2v) is 15.3. The van der Waals surface area contributed by atoms with Crippen molar-refractivity contribution in [2.45, 2.75) is 89.1 Å². The molecule has 0 bridgehead atoms. The Kier molecular flexibility index (Phi) is 7.94. The highest BCUT2D eigenvalue weighted by atomic mass is 16.3. The van der Waals surface area contributed by atoms with Crippen LogP contribution in [0.5, 0.6) is 0 Å². The van der Waals surface area contributed by atoms with E-state index in [1.54, 1.807) is 11.0 Å². The van der Waals surface area contributed by atoms with E-state index in [0.29, 0.717) is 48.7 Å². The van der Waals surface area contributed by atoms with Crippen molar-refractivity contribution in [2.24, 2.45) is 5.41 Å². The maximum absolute atomic E-state index is 13.1. The van der Waals surface area contributed by atoms with E-state index < -0.39 is 17.6 Å². The number of benzene rings is 2. The van der Waals surface area contributed by atoms with Gasteiger partial charge in [-0.2, -0.15) is 0 Å². The normalized spacial score (nSPS) is 23.3. The number of carbonyl (C=O) groups is 3. The average Bonchev–Trinajstić information content (AvgIpc) is 3.38. The van der Waals surface area contributed by atoms with Gasteiger partial charge in [0, 0.05) is 80.8 Å². The van der Waals surface area contributed by atoms with Crippen molar-refractivity contribution < 1.29 is 19.5 Å². The fourth-order valence-corrected chi connectivity index (χ4v) is 8.49. The monoisotopic (exact) mass is 663 g/mol. The minimum absolute atomic E-state index is 0.194. The Bertz CT molecular complexity index is 1750. The van der Waals surface area contributed by atoms with Crippen LogP contribution in [-0.2, 0) is 28.3 Å². The summed E-state index contributed by atoms with van der Waals surface area (Å²) in [7, 11) is 0. The molecule has 256 valence electrons. The lowest BCUT2D eigenvalue weighted by Crippen LogP contribution is -2.65. The number of aromatic nitrogens is 2. The number of carbonyl (C=O) groups excluding carboxylic acids is 3. The lowest BCUT2D eigenvalue weighted by atomic mass is 9.60. The summed E-state index contributed by atoms with van der Waals surface area (Å²) in [5, 5.41) is 17.5. The van der Waals surface area contributed by atoms with Crippen LogP contribution in [0.1, 0.15) is 90.9 Å². The number of nitrogens with zero attached hydrogens (tertiary/aromatic N) is 5. The minimum Gasteiger partial charge on any atom is -0.385 e. The van der Waals surface area contributed by atoms with Crippen molar-refractivity contribution in [3.05, 3.63) is 82.7 Å². The predicted molar refractivity (Wildman–Crippen MR) is 185 cm³/mol. The van der Waals surface area contributed by atoms with Crippen LogP contribution < -0.4 is 15.5 Å². The van der Waals surface area contributed by atoms with Gasteiger partial charge in [0.2, 0.25) is 17.8 Å². The molecule has 1 atom stereocenters. The molecule has 3 amide bonds. The molecule has 49 heavy (non-hydrogen) atoms. The third-order valence-electron chi connectivity index (χ3n) is 11.5. The molecule has 11 heteroatoms. The molecule has 3 N–H and O–H groups in total. The van der Waals surface area contributed by atoms with Gasteiger partial charge in [-0.15, -0.1) is 0 Å². The number of imide groups is 1. The molecule has 3 saturated heterocycles. The van der Waals surface area contributed by atoms with E-state index in [1.165, 1.54) is 11.3 Å². The fraction of sp³-hybridized carbons (Fsp3) is 0.500. The number of hydrogen-bond acceptors (Lipinski definition) is 9. The molecule has 11 nitrogen and oxygen atoms in total. The van der Waals surface area contributed by atoms with Crippen LogP contribution in [0.25, 0.3) is 0 Å². The zero-order valence-electron chi connectivity index (χ0n) is 28.3. The third kappa shape index (κ3) is 6.07. The SMILES string of the molecule is CC(C)c1cnc(NC2CC3(C2)CN(c2ccc(CN4CCC(O)(c5ccc6c(c5)CN(C5CCC(=O)NC5=O)C6=O)CC4)cc2)C3)nc1. The van der Waals surface area contributed by atoms with Crippen molar-refractivity contribution >= 4 is 29.4 Å². The number of amides is 3. The van der Waals surface area contributed by atoms with Gasteiger partial charge in [0.15, 0.2) is 0 Å². The number of fused-ring (bicyclic) bond motifs is 1. The van der Waals surface area contributed by atoms with E-state index in [0.717, 1.165) is 68.2 Å². The molecule has 5 heterocycles. The Morgan fingerprint density at radius 2 is 1.71 bits per heavy atom. The highest BCUT2D eigenvalue weighted by Crippen LogP contribution is 2.50. The van der Waals surface area contributed by atoms with Gasteiger partial charge in [0.05, 0.1) is 5.60 Å². The first-order valence-electron chi connectivity index (χ1n) is 17.7. The second kappa shape index (κ2) is 12.2. The van der Waals surface area contributed by atoms with Crippen LogP contribution in [0, 0.1) is 5.41 Å². The summed E-state index contributed by atoms with van der Waals surface area (Å²) in [5.74, 6) is 0.263. The summed E-state index contributed by atoms with van der Waals surface area (Å²) in [6, 6.07) is 14.3. The van der Waals surface area contributed by atoms with Gasteiger partial charge in [-0.3, -0.25) is 24.6 Å². The first-order chi connectivity index (χ1) is 23.6. The van der Waals surface area contributed by atoms with Gasteiger partial charge in [0.1, 0.15) is 6.04 Å². The predicted octanol–water partition coefficient (Wildman–Crippen LogP) is 3.93. The number of piperidine rings is 2. The molecule has 4 fully saturated rings. The highest BCUT2D eigenvalue weighted by Gasteiger charge is 2.52. The summed E-state index contributed by atoms with van der Waals surface area (Å²) in [5.41, 5.74) is 5.36. The van der Waals surface area contributed by atoms with Crippen molar-refractivity contribution in [1.29, 1.82) is 0 Å². The Balaban J connectivity index is 0.802. The molecule has 2 aromatic carbocycles. The van der Waals surface area contributed by atoms with Crippen LogP contribution in [0.4, 0.5) is 11.6 Å².